The van der Waals surface area contributed by atoms with Crippen molar-refractivity contribution in [2.45, 2.75) is 44.7 Å². The third kappa shape index (κ3) is 3.33. The van der Waals surface area contributed by atoms with E-state index in [0.717, 1.165) is 42.4 Å². The molecule has 0 bridgehead atoms. The molecule has 0 heterocycles. The number of nitrogens with zero attached hydrogens (tertiary/aromatic N) is 1. The number of hydrogen-bond acceptors (Lipinski definition) is 3. The topological polar surface area (TPSA) is 72.3 Å². The molecule has 0 aliphatic heterocycles. The second-order valence-electron chi connectivity index (χ2n) is 5.38. The van der Waals surface area contributed by atoms with Crippen LogP contribution in [0.3, 0.4) is 0 Å². The summed E-state index contributed by atoms with van der Waals surface area (Å²) < 4.78 is 0.962. The second-order valence-corrected chi connectivity index (χ2v) is 6.30. The zero-order chi connectivity index (χ0) is 14.7. The molecule has 0 atom stereocenters. The number of anilines is 1. The third-order valence-electron chi connectivity index (χ3n) is 4.06. The average Bonchev–Trinajstić information content (AvgIpc) is 2.41. The van der Waals surface area contributed by atoms with E-state index < -0.39 is 0 Å². The van der Waals surface area contributed by atoms with Crippen LogP contribution in [0.5, 0.6) is 0 Å². The molecule has 2 rings (SSSR count). The summed E-state index contributed by atoms with van der Waals surface area (Å²) in [5.41, 5.74) is 13.0. The van der Waals surface area contributed by atoms with E-state index in [0.29, 0.717) is 17.6 Å². The molecule has 0 radical (unpaired) electrons. The molecule has 1 aliphatic rings. The number of carbonyl (C=O) groups excluding carboxylic acids is 1. The Morgan fingerprint density at radius 2 is 2.00 bits per heavy atom. The lowest BCUT2D eigenvalue weighted by atomic mass is 9.90. The van der Waals surface area contributed by atoms with Crippen molar-refractivity contribution < 1.29 is 4.79 Å². The predicted molar refractivity (Wildman–Crippen MR) is 85.9 cm³/mol. The Balaban J connectivity index is 2.31. The van der Waals surface area contributed by atoms with Gasteiger partial charge < -0.3 is 16.4 Å². The Kier molecular flexibility index (Phi) is 5.05. The summed E-state index contributed by atoms with van der Waals surface area (Å²) in [6, 6.07) is 6.39. The Hall–Kier alpha value is -1.07. The largest absolute Gasteiger partial charge is 0.368 e. The van der Waals surface area contributed by atoms with Gasteiger partial charge in [-0.1, -0.05) is 15.9 Å². The van der Waals surface area contributed by atoms with Gasteiger partial charge in [0, 0.05) is 23.1 Å². The Bertz CT molecular complexity index is 484. The van der Waals surface area contributed by atoms with Crippen molar-refractivity contribution >= 4 is 27.5 Å². The number of amides is 1. The molecule has 1 aromatic carbocycles. The average molecular weight is 340 g/mol. The maximum atomic E-state index is 11.6. The minimum atomic E-state index is -0.376. The minimum absolute atomic E-state index is 0.322. The number of benzene rings is 1. The Morgan fingerprint density at radius 3 is 2.55 bits per heavy atom. The van der Waals surface area contributed by atoms with Gasteiger partial charge in [-0.3, -0.25) is 4.79 Å². The van der Waals surface area contributed by atoms with Crippen LogP contribution in [0, 0.1) is 0 Å². The van der Waals surface area contributed by atoms with Gasteiger partial charge >= 0.3 is 0 Å². The molecule has 0 saturated heterocycles. The van der Waals surface area contributed by atoms with Gasteiger partial charge in [-0.15, -0.1) is 0 Å². The van der Waals surface area contributed by atoms with Gasteiger partial charge in [-0.25, -0.2) is 0 Å². The van der Waals surface area contributed by atoms with E-state index in [1.165, 1.54) is 0 Å². The lowest BCUT2D eigenvalue weighted by Crippen LogP contribution is -2.41. The summed E-state index contributed by atoms with van der Waals surface area (Å²) in [5, 5.41) is 0. The number of halogens is 1. The molecule has 1 aromatic rings. The van der Waals surface area contributed by atoms with Crippen molar-refractivity contribution in [3.05, 3.63) is 28.2 Å². The highest BCUT2D eigenvalue weighted by molar-refractivity contribution is 9.10. The SMILES string of the molecule is CCN(c1cc(Br)ccc1C(N)=O)C1CCC(N)CC1. The molecule has 1 fully saturated rings. The van der Waals surface area contributed by atoms with E-state index in [9.17, 15) is 4.79 Å². The summed E-state index contributed by atoms with van der Waals surface area (Å²) in [6.45, 7) is 2.97. The van der Waals surface area contributed by atoms with E-state index in [4.69, 9.17) is 11.5 Å². The number of carbonyl (C=O) groups is 1. The number of primary amides is 1. The highest BCUT2D eigenvalue weighted by atomic mass is 79.9. The van der Waals surface area contributed by atoms with Crippen molar-refractivity contribution in [2.75, 3.05) is 11.4 Å². The van der Waals surface area contributed by atoms with Gasteiger partial charge in [0.05, 0.1) is 11.3 Å². The van der Waals surface area contributed by atoms with Crippen molar-refractivity contribution in [1.82, 2.24) is 0 Å². The molecule has 1 amide bonds. The van der Waals surface area contributed by atoms with Gasteiger partial charge in [-0.2, -0.15) is 0 Å². The van der Waals surface area contributed by atoms with Crippen LogP contribution in [-0.4, -0.2) is 24.5 Å². The Labute approximate surface area is 128 Å². The first-order valence-electron chi connectivity index (χ1n) is 7.14. The van der Waals surface area contributed by atoms with E-state index >= 15 is 0 Å². The van der Waals surface area contributed by atoms with Crippen molar-refractivity contribution in [1.29, 1.82) is 0 Å². The molecule has 0 spiro atoms. The molecule has 20 heavy (non-hydrogen) atoms. The molecule has 0 unspecified atom stereocenters. The van der Waals surface area contributed by atoms with Crippen LogP contribution >= 0.6 is 15.9 Å². The molecule has 4 nitrogen and oxygen atoms in total. The van der Waals surface area contributed by atoms with Crippen LogP contribution in [0.15, 0.2) is 22.7 Å². The molecule has 110 valence electrons. The highest BCUT2D eigenvalue weighted by Gasteiger charge is 2.26. The van der Waals surface area contributed by atoms with Gasteiger partial charge in [-0.05, 0) is 50.8 Å². The summed E-state index contributed by atoms with van der Waals surface area (Å²) in [7, 11) is 0. The zero-order valence-corrected chi connectivity index (χ0v) is 13.4. The Morgan fingerprint density at radius 1 is 1.35 bits per heavy atom. The quantitative estimate of drug-likeness (QED) is 0.885. The van der Waals surface area contributed by atoms with Crippen molar-refractivity contribution in [3.8, 4) is 0 Å². The molecule has 4 N–H and O–H groups in total. The maximum Gasteiger partial charge on any atom is 0.250 e. The van der Waals surface area contributed by atoms with E-state index in [1.54, 1.807) is 6.07 Å². The van der Waals surface area contributed by atoms with Crippen LogP contribution in [0.4, 0.5) is 5.69 Å². The van der Waals surface area contributed by atoms with Crippen LogP contribution < -0.4 is 16.4 Å². The van der Waals surface area contributed by atoms with Crippen LogP contribution in [-0.2, 0) is 0 Å². The fraction of sp³-hybridized carbons (Fsp3) is 0.533. The smallest absolute Gasteiger partial charge is 0.250 e. The fourth-order valence-corrected chi connectivity index (χ4v) is 3.34. The predicted octanol–water partition coefficient (Wildman–Crippen LogP) is 2.64. The van der Waals surface area contributed by atoms with Gasteiger partial charge in [0.2, 0.25) is 0 Å². The van der Waals surface area contributed by atoms with E-state index in [2.05, 4.69) is 27.8 Å². The first-order valence-corrected chi connectivity index (χ1v) is 7.93. The molecule has 1 saturated carbocycles. The standard InChI is InChI=1S/C15H22BrN3O/c1-2-19(12-6-4-11(17)5-7-12)14-9-10(16)3-8-13(14)15(18)20/h3,8-9,11-12H,2,4-7,17H2,1H3,(H2,18,20). The number of nitrogens with two attached hydrogens (primary N) is 2. The molecular formula is C15H22BrN3O. The molecular weight excluding hydrogens is 318 g/mol. The summed E-state index contributed by atoms with van der Waals surface area (Å²) in [4.78, 5) is 13.9. The fourth-order valence-electron chi connectivity index (χ4n) is 2.99. The van der Waals surface area contributed by atoms with Gasteiger partial charge in [0.1, 0.15) is 0 Å². The molecule has 5 heteroatoms. The number of rotatable bonds is 4. The van der Waals surface area contributed by atoms with E-state index in [1.807, 2.05) is 12.1 Å². The summed E-state index contributed by atoms with van der Waals surface area (Å²) >= 11 is 3.48. The van der Waals surface area contributed by atoms with Crippen LogP contribution in [0.1, 0.15) is 43.0 Å². The zero-order valence-electron chi connectivity index (χ0n) is 11.8. The molecule has 0 aromatic heterocycles. The molecule has 1 aliphatic carbocycles. The van der Waals surface area contributed by atoms with Crippen LogP contribution in [0.25, 0.3) is 0 Å². The monoisotopic (exact) mass is 339 g/mol. The summed E-state index contributed by atoms with van der Waals surface area (Å²) in [5.74, 6) is -0.376. The van der Waals surface area contributed by atoms with Crippen molar-refractivity contribution in [3.63, 3.8) is 0 Å². The number of hydrogen-bond donors (Lipinski definition) is 2. The third-order valence-corrected chi connectivity index (χ3v) is 4.55. The van der Waals surface area contributed by atoms with E-state index in [-0.39, 0.29) is 5.91 Å². The first kappa shape index (κ1) is 15.3. The lowest BCUT2D eigenvalue weighted by Gasteiger charge is -2.37. The van der Waals surface area contributed by atoms with Gasteiger partial charge in [0.25, 0.3) is 5.91 Å². The normalized spacial score (nSPS) is 22.6. The van der Waals surface area contributed by atoms with Crippen molar-refractivity contribution in [2.24, 2.45) is 11.5 Å². The lowest BCUT2D eigenvalue weighted by molar-refractivity contribution is 0.100. The summed E-state index contributed by atoms with van der Waals surface area (Å²) in [6.07, 6.45) is 4.22. The van der Waals surface area contributed by atoms with Gasteiger partial charge in [0.15, 0.2) is 0 Å². The second kappa shape index (κ2) is 6.59. The van der Waals surface area contributed by atoms with Crippen LogP contribution in [0.2, 0.25) is 0 Å². The minimum Gasteiger partial charge on any atom is -0.368 e. The highest BCUT2D eigenvalue weighted by Crippen LogP contribution is 2.31. The first-order chi connectivity index (χ1) is 9.52. The maximum absolute atomic E-state index is 11.6.